The van der Waals surface area contributed by atoms with Crippen LogP contribution in [0.3, 0.4) is 0 Å². The average Bonchev–Trinajstić information content (AvgIpc) is 3.35. The summed E-state index contributed by atoms with van der Waals surface area (Å²) in [5.41, 5.74) is 19.7. The second-order valence-corrected chi connectivity index (χ2v) is 12.6. The van der Waals surface area contributed by atoms with Gasteiger partial charge in [-0.25, -0.2) is 4.79 Å². The topological polar surface area (TPSA) is 229 Å². The molecule has 1 saturated heterocycles. The maximum Gasteiger partial charge on any atom is 0.412 e. The molecule has 49 heavy (non-hydrogen) atoms. The zero-order valence-electron chi connectivity index (χ0n) is 26.6. The van der Waals surface area contributed by atoms with Gasteiger partial charge in [0.25, 0.3) is 0 Å². The van der Waals surface area contributed by atoms with Crippen molar-refractivity contribution in [2.45, 2.75) is 49.2 Å². The van der Waals surface area contributed by atoms with Crippen LogP contribution in [0.2, 0.25) is 0 Å². The standard InChI is InChI=1S/C34H39N7O7S/c35-25(31(44)40-27(30(37)43)20-49-28-18-29(42)41(33(28)46)19-22-7-3-1-4-8-22)15-16-38-34(47)48-24-13-11-21(12-14-24)17-26(36)32(45)39-23-9-5-2-6-10-23/h1-14,25-28H,15-20,35-36H2,(H2,37,43)(H,38,47)(H,39,45)(H,40,44)/t25-,26-,27?,28?/m0/s1. The van der Waals surface area contributed by atoms with E-state index in [2.05, 4.69) is 16.0 Å². The number of para-hydroxylation sites is 1. The first-order valence-corrected chi connectivity index (χ1v) is 16.6. The molecule has 1 aliphatic rings. The Balaban J connectivity index is 1.15. The molecule has 1 heterocycles. The predicted octanol–water partition coefficient (Wildman–Crippen LogP) is 1.03. The molecular formula is C34H39N7O7S. The van der Waals surface area contributed by atoms with Crippen LogP contribution in [-0.2, 0) is 36.9 Å². The van der Waals surface area contributed by atoms with E-state index in [9.17, 15) is 28.8 Å². The van der Waals surface area contributed by atoms with Crippen LogP contribution in [0.25, 0.3) is 0 Å². The molecule has 4 rings (SSSR count). The Morgan fingerprint density at radius 1 is 0.857 bits per heavy atom. The molecule has 258 valence electrons. The number of nitrogens with zero attached hydrogens (tertiary/aromatic N) is 1. The van der Waals surface area contributed by atoms with E-state index in [1.165, 1.54) is 4.90 Å². The van der Waals surface area contributed by atoms with Crippen molar-refractivity contribution >= 4 is 53.1 Å². The number of likely N-dealkylation sites (tertiary alicyclic amines) is 1. The number of imide groups is 1. The molecule has 0 spiro atoms. The normalized spacial score (nSPS) is 16.0. The summed E-state index contributed by atoms with van der Waals surface area (Å²) < 4.78 is 5.26. The van der Waals surface area contributed by atoms with E-state index in [0.717, 1.165) is 22.9 Å². The first kappa shape index (κ1) is 36.6. The summed E-state index contributed by atoms with van der Waals surface area (Å²) in [4.78, 5) is 75.9. The summed E-state index contributed by atoms with van der Waals surface area (Å²) in [5.74, 6) is -2.30. The first-order chi connectivity index (χ1) is 23.5. The number of primary amides is 1. The molecule has 2 unspecified atom stereocenters. The molecule has 0 aliphatic carbocycles. The van der Waals surface area contributed by atoms with Crippen molar-refractivity contribution < 1.29 is 33.5 Å². The second kappa shape index (κ2) is 17.8. The number of anilines is 1. The molecule has 14 nitrogen and oxygen atoms in total. The lowest BCUT2D eigenvalue weighted by molar-refractivity contribution is -0.139. The van der Waals surface area contributed by atoms with Crippen LogP contribution in [0.4, 0.5) is 10.5 Å². The van der Waals surface area contributed by atoms with Crippen LogP contribution in [0.15, 0.2) is 84.9 Å². The molecular weight excluding hydrogens is 650 g/mol. The Kier molecular flexibility index (Phi) is 13.3. The van der Waals surface area contributed by atoms with Gasteiger partial charge in [-0.1, -0.05) is 60.7 Å². The van der Waals surface area contributed by atoms with Crippen LogP contribution < -0.4 is 37.9 Å². The largest absolute Gasteiger partial charge is 0.412 e. The molecule has 15 heteroatoms. The third-order valence-corrected chi connectivity index (χ3v) is 8.84. The minimum atomic E-state index is -1.14. The smallest absolute Gasteiger partial charge is 0.410 e. The molecule has 6 amide bonds. The number of rotatable bonds is 16. The Labute approximate surface area is 287 Å². The fourth-order valence-corrected chi connectivity index (χ4v) is 6.00. The molecule has 1 aliphatic heterocycles. The molecule has 0 radical (unpaired) electrons. The quantitative estimate of drug-likeness (QED) is 0.117. The number of carbonyl (C=O) groups excluding carboxylic acids is 6. The van der Waals surface area contributed by atoms with E-state index in [1.54, 1.807) is 48.5 Å². The van der Waals surface area contributed by atoms with Crippen molar-refractivity contribution in [3.05, 3.63) is 96.1 Å². The van der Waals surface area contributed by atoms with Gasteiger partial charge in [-0.2, -0.15) is 0 Å². The van der Waals surface area contributed by atoms with Crippen LogP contribution in [0, 0.1) is 0 Å². The van der Waals surface area contributed by atoms with Gasteiger partial charge >= 0.3 is 6.09 Å². The highest BCUT2D eigenvalue weighted by Gasteiger charge is 2.39. The van der Waals surface area contributed by atoms with Gasteiger partial charge in [-0.05, 0) is 48.2 Å². The first-order valence-electron chi connectivity index (χ1n) is 15.5. The Morgan fingerprint density at radius 2 is 1.51 bits per heavy atom. The van der Waals surface area contributed by atoms with E-state index in [0.29, 0.717) is 5.69 Å². The summed E-state index contributed by atoms with van der Waals surface area (Å²) in [6.07, 6.45) is -0.510. The number of hydrogen-bond acceptors (Lipinski definition) is 10. The summed E-state index contributed by atoms with van der Waals surface area (Å²) in [5, 5.41) is 7.04. The van der Waals surface area contributed by atoms with Crippen LogP contribution in [-0.4, -0.2) is 76.2 Å². The highest BCUT2D eigenvalue weighted by Crippen LogP contribution is 2.27. The summed E-state index contributed by atoms with van der Waals surface area (Å²) in [6.45, 7) is 0.142. The molecule has 0 bridgehead atoms. The Hall–Kier alpha value is -5.25. The minimum Gasteiger partial charge on any atom is -0.410 e. The average molecular weight is 690 g/mol. The fourth-order valence-electron chi connectivity index (χ4n) is 4.80. The Morgan fingerprint density at radius 3 is 2.16 bits per heavy atom. The third-order valence-electron chi connectivity index (χ3n) is 7.54. The van der Waals surface area contributed by atoms with Gasteiger partial charge in [-0.15, -0.1) is 11.8 Å². The van der Waals surface area contributed by atoms with E-state index in [4.69, 9.17) is 21.9 Å². The summed E-state index contributed by atoms with van der Waals surface area (Å²) in [7, 11) is 0. The number of carbonyl (C=O) groups is 6. The minimum absolute atomic E-state index is 0.0111. The maximum atomic E-state index is 12.8. The van der Waals surface area contributed by atoms with Gasteiger partial charge in [0.2, 0.25) is 29.5 Å². The van der Waals surface area contributed by atoms with E-state index in [1.807, 2.05) is 36.4 Å². The van der Waals surface area contributed by atoms with Crippen molar-refractivity contribution in [3.8, 4) is 5.75 Å². The molecule has 3 aromatic carbocycles. The number of benzene rings is 3. The zero-order valence-corrected chi connectivity index (χ0v) is 27.4. The summed E-state index contributed by atoms with van der Waals surface area (Å²) >= 11 is 1.06. The van der Waals surface area contributed by atoms with Crippen molar-refractivity contribution in [2.24, 2.45) is 17.2 Å². The van der Waals surface area contributed by atoms with Gasteiger partial charge in [0.1, 0.15) is 11.8 Å². The number of nitrogens with one attached hydrogen (secondary N) is 3. The lowest BCUT2D eigenvalue weighted by Gasteiger charge is -2.20. The number of ether oxygens (including phenoxy) is 1. The van der Waals surface area contributed by atoms with Crippen molar-refractivity contribution in [3.63, 3.8) is 0 Å². The van der Waals surface area contributed by atoms with Crippen LogP contribution in [0.1, 0.15) is 24.0 Å². The maximum absolute atomic E-state index is 12.8. The summed E-state index contributed by atoms with van der Waals surface area (Å²) in [6, 6.07) is 21.6. The number of nitrogens with two attached hydrogens (primary N) is 3. The number of hydrogen-bond donors (Lipinski definition) is 6. The molecule has 9 N–H and O–H groups in total. The molecule has 0 saturated carbocycles. The molecule has 1 fully saturated rings. The SMILES string of the molecule is NC(=O)C(CSC1CC(=O)N(Cc2ccccc2)C1=O)NC(=O)[C@@H](N)CCNC(=O)Oc1ccc(C[C@H](N)C(=O)Nc2ccccc2)cc1. The van der Waals surface area contributed by atoms with E-state index in [-0.39, 0.29) is 61.6 Å². The zero-order chi connectivity index (χ0) is 35.3. The van der Waals surface area contributed by atoms with Gasteiger partial charge in [-0.3, -0.25) is 28.9 Å². The molecule has 4 atom stereocenters. The van der Waals surface area contributed by atoms with E-state index < -0.39 is 41.3 Å². The van der Waals surface area contributed by atoms with Crippen LogP contribution in [0.5, 0.6) is 5.75 Å². The third kappa shape index (κ3) is 11.2. The number of amides is 6. The monoisotopic (exact) mass is 689 g/mol. The molecule has 3 aromatic rings. The highest BCUT2D eigenvalue weighted by molar-refractivity contribution is 8.00. The van der Waals surface area contributed by atoms with Crippen LogP contribution >= 0.6 is 11.8 Å². The molecule has 0 aromatic heterocycles. The number of thioether (sulfide) groups is 1. The van der Waals surface area contributed by atoms with Crippen molar-refractivity contribution in [1.82, 2.24) is 15.5 Å². The lowest BCUT2D eigenvalue weighted by Crippen LogP contribution is -2.52. The highest BCUT2D eigenvalue weighted by atomic mass is 32.2. The van der Waals surface area contributed by atoms with Crippen molar-refractivity contribution in [2.75, 3.05) is 17.6 Å². The van der Waals surface area contributed by atoms with E-state index >= 15 is 0 Å². The van der Waals surface area contributed by atoms with Gasteiger partial charge < -0.3 is 37.9 Å². The predicted molar refractivity (Wildman–Crippen MR) is 184 cm³/mol. The van der Waals surface area contributed by atoms with Gasteiger partial charge in [0, 0.05) is 24.4 Å². The Bertz CT molecular complexity index is 1630. The second-order valence-electron chi connectivity index (χ2n) is 11.3. The van der Waals surface area contributed by atoms with Gasteiger partial charge in [0.15, 0.2) is 0 Å². The van der Waals surface area contributed by atoms with Crippen molar-refractivity contribution in [1.29, 1.82) is 0 Å². The fraction of sp³-hybridized carbons (Fsp3) is 0.294. The lowest BCUT2D eigenvalue weighted by atomic mass is 10.1. The van der Waals surface area contributed by atoms with Gasteiger partial charge in [0.05, 0.1) is 23.9 Å².